The van der Waals surface area contributed by atoms with Gasteiger partial charge in [0.1, 0.15) is 0 Å². The van der Waals surface area contributed by atoms with Gasteiger partial charge in [-0.2, -0.15) is 0 Å². The predicted octanol–water partition coefficient (Wildman–Crippen LogP) is 0.508. The molecule has 0 aromatic carbocycles. The van der Waals surface area contributed by atoms with Gasteiger partial charge in [-0.1, -0.05) is 13.8 Å². The average molecular weight is 208 g/mol. The van der Waals surface area contributed by atoms with Crippen LogP contribution >= 0.6 is 17.0 Å². The zero-order valence-electron chi connectivity index (χ0n) is 6.35. The monoisotopic (exact) mass is 207 g/mol. The highest BCUT2D eigenvalue weighted by molar-refractivity contribution is 8.93. The van der Waals surface area contributed by atoms with E-state index in [1.54, 1.807) is 0 Å². The number of nitrogens with zero attached hydrogens (tertiary/aromatic N) is 1. The summed E-state index contributed by atoms with van der Waals surface area (Å²) in [5, 5.41) is 3.00. The van der Waals surface area contributed by atoms with Crippen molar-refractivity contribution >= 4 is 22.9 Å². The quantitative estimate of drug-likeness (QED) is 0.609. The number of rotatable bonds is 0. The topological polar surface area (TPSA) is 50.4 Å². The van der Waals surface area contributed by atoms with Crippen molar-refractivity contribution in [2.45, 2.75) is 13.8 Å². The molecule has 1 aliphatic heterocycles. The van der Waals surface area contributed by atoms with Crippen LogP contribution in [-0.4, -0.2) is 19.0 Å². The number of hydrogen-bond donors (Lipinski definition) is 2. The highest BCUT2D eigenvalue weighted by Crippen LogP contribution is 2.15. The number of nitrogens with one attached hydrogen (secondary N) is 1. The third kappa shape index (κ3) is 2.56. The molecule has 3 N–H and O–H groups in total. The Hall–Kier alpha value is -0.250. The van der Waals surface area contributed by atoms with Gasteiger partial charge in [0.15, 0.2) is 5.96 Å². The van der Waals surface area contributed by atoms with Crippen molar-refractivity contribution in [1.82, 2.24) is 5.32 Å². The van der Waals surface area contributed by atoms with Crippen LogP contribution in [0.25, 0.3) is 0 Å². The van der Waals surface area contributed by atoms with E-state index in [-0.39, 0.29) is 22.4 Å². The van der Waals surface area contributed by atoms with Gasteiger partial charge in [-0.05, 0) is 0 Å². The van der Waals surface area contributed by atoms with Crippen molar-refractivity contribution in [3.63, 3.8) is 0 Å². The van der Waals surface area contributed by atoms with Crippen molar-refractivity contribution in [2.24, 2.45) is 16.1 Å². The van der Waals surface area contributed by atoms with Crippen molar-refractivity contribution in [1.29, 1.82) is 0 Å². The highest BCUT2D eigenvalue weighted by Gasteiger charge is 2.20. The Balaban J connectivity index is 0.000000810. The van der Waals surface area contributed by atoms with E-state index in [1.807, 2.05) is 0 Å². The molecule has 0 aliphatic carbocycles. The van der Waals surface area contributed by atoms with Gasteiger partial charge < -0.3 is 11.1 Å². The van der Waals surface area contributed by atoms with E-state index in [0.717, 1.165) is 13.1 Å². The third-order valence-corrected chi connectivity index (χ3v) is 1.43. The minimum atomic E-state index is 0. The highest BCUT2D eigenvalue weighted by atomic mass is 79.9. The second-order valence-corrected chi connectivity index (χ2v) is 3.22. The van der Waals surface area contributed by atoms with E-state index in [9.17, 15) is 0 Å². The number of nitrogens with two attached hydrogens (primary N) is 1. The van der Waals surface area contributed by atoms with Gasteiger partial charge in [-0.15, -0.1) is 17.0 Å². The van der Waals surface area contributed by atoms with Crippen LogP contribution in [0.3, 0.4) is 0 Å². The summed E-state index contributed by atoms with van der Waals surface area (Å²) in [4.78, 5) is 4.07. The van der Waals surface area contributed by atoms with E-state index >= 15 is 0 Å². The standard InChI is InChI=1S/C6H13N3.BrH/c1-6(2)3-8-5(7)9-4-6;/h3-4H2,1-2H3,(H3,7,8,9);1H. The van der Waals surface area contributed by atoms with Crippen molar-refractivity contribution in [3.05, 3.63) is 0 Å². The molecule has 0 saturated heterocycles. The number of halogens is 1. The average Bonchev–Trinajstić information content (AvgIpc) is 1.78. The smallest absolute Gasteiger partial charge is 0.188 e. The van der Waals surface area contributed by atoms with Crippen LogP contribution in [0.2, 0.25) is 0 Å². The SMILES string of the molecule is Br.CC1(C)CN=C(N)NC1. The molecule has 0 spiro atoms. The summed E-state index contributed by atoms with van der Waals surface area (Å²) in [6.07, 6.45) is 0. The second kappa shape index (κ2) is 3.23. The molecule has 0 atom stereocenters. The van der Waals surface area contributed by atoms with Gasteiger partial charge in [0.25, 0.3) is 0 Å². The van der Waals surface area contributed by atoms with Gasteiger partial charge in [0.2, 0.25) is 0 Å². The molecule has 0 saturated carbocycles. The Kier molecular flexibility index (Phi) is 3.15. The van der Waals surface area contributed by atoms with E-state index in [4.69, 9.17) is 5.73 Å². The molecule has 60 valence electrons. The third-order valence-electron chi connectivity index (χ3n) is 1.43. The Labute approximate surface area is 71.9 Å². The molecule has 10 heavy (non-hydrogen) atoms. The lowest BCUT2D eigenvalue weighted by atomic mass is 9.93. The zero-order valence-corrected chi connectivity index (χ0v) is 8.06. The molecule has 3 nitrogen and oxygen atoms in total. The van der Waals surface area contributed by atoms with Crippen molar-refractivity contribution in [3.8, 4) is 0 Å². The van der Waals surface area contributed by atoms with E-state index in [2.05, 4.69) is 24.2 Å². The van der Waals surface area contributed by atoms with Gasteiger partial charge in [-0.3, -0.25) is 4.99 Å². The zero-order chi connectivity index (χ0) is 6.91. The Morgan fingerprint density at radius 3 is 2.50 bits per heavy atom. The molecule has 4 heteroatoms. The first-order valence-electron chi connectivity index (χ1n) is 3.14. The van der Waals surface area contributed by atoms with Gasteiger partial charge >= 0.3 is 0 Å². The van der Waals surface area contributed by atoms with Gasteiger partial charge in [0, 0.05) is 18.5 Å². The molecule has 0 aromatic rings. The summed E-state index contributed by atoms with van der Waals surface area (Å²) < 4.78 is 0. The first kappa shape index (κ1) is 9.75. The lowest BCUT2D eigenvalue weighted by Crippen LogP contribution is -2.44. The largest absolute Gasteiger partial charge is 0.370 e. The minimum Gasteiger partial charge on any atom is -0.370 e. The Morgan fingerprint density at radius 1 is 1.60 bits per heavy atom. The summed E-state index contributed by atoms with van der Waals surface area (Å²) >= 11 is 0. The molecule has 1 aliphatic rings. The second-order valence-electron chi connectivity index (χ2n) is 3.22. The fraction of sp³-hybridized carbons (Fsp3) is 0.833. The molecule has 0 radical (unpaired) electrons. The van der Waals surface area contributed by atoms with Crippen LogP contribution in [0.1, 0.15) is 13.8 Å². The summed E-state index contributed by atoms with van der Waals surface area (Å²) in [5.74, 6) is 0.578. The van der Waals surface area contributed by atoms with Crippen molar-refractivity contribution in [2.75, 3.05) is 13.1 Å². The first-order valence-corrected chi connectivity index (χ1v) is 3.14. The summed E-state index contributed by atoms with van der Waals surface area (Å²) in [7, 11) is 0. The van der Waals surface area contributed by atoms with Crippen LogP contribution in [0.5, 0.6) is 0 Å². The molecule has 1 rings (SSSR count). The maximum absolute atomic E-state index is 5.39. The number of hydrogen-bond acceptors (Lipinski definition) is 3. The predicted molar refractivity (Wildman–Crippen MR) is 48.6 cm³/mol. The van der Waals surface area contributed by atoms with E-state index in [0.29, 0.717) is 5.96 Å². The molecule has 0 fully saturated rings. The summed E-state index contributed by atoms with van der Waals surface area (Å²) in [6.45, 7) is 6.10. The lowest BCUT2D eigenvalue weighted by Gasteiger charge is -2.27. The molecular weight excluding hydrogens is 194 g/mol. The van der Waals surface area contributed by atoms with E-state index in [1.165, 1.54) is 0 Å². The van der Waals surface area contributed by atoms with Crippen LogP contribution in [0.15, 0.2) is 4.99 Å². The molecule has 0 unspecified atom stereocenters. The number of aliphatic imine (C=N–C) groups is 1. The van der Waals surface area contributed by atoms with Crippen LogP contribution < -0.4 is 11.1 Å². The maximum Gasteiger partial charge on any atom is 0.188 e. The minimum absolute atomic E-state index is 0. The molecule has 0 bridgehead atoms. The molecule has 1 heterocycles. The summed E-state index contributed by atoms with van der Waals surface area (Å²) in [6, 6.07) is 0. The molecule has 0 amide bonds. The lowest BCUT2D eigenvalue weighted by molar-refractivity contribution is 0.361. The van der Waals surface area contributed by atoms with Gasteiger partial charge in [0.05, 0.1) is 0 Å². The Morgan fingerprint density at radius 2 is 2.20 bits per heavy atom. The number of guanidine groups is 1. The maximum atomic E-state index is 5.39. The molecule has 0 aromatic heterocycles. The fourth-order valence-electron chi connectivity index (χ4n) is 0.741. The van der Waals surface area contributed by atoms with Crippen molar-refractivity contribution < 1.29 is 0 Å². The first-order chi connectivity index (χ1) is 4.10. The van der Waals surface area contributed by atoms with Crippen LogP contribution in [0, 0.1) is 5.41 Å². The summed E-state index contributed by atoms with van der Waals surface area (Å²) in [5.41, 5.74) is 5.68. The van der Waals surface area contributed by atoms with Crippen LogP contribution in [0.4, 0.5) is 0 Å². The molecular formula is C6H14BrN3. The van der Waals surface area contributed by atoms with E-state index < -0.39 is 0 Å². The Bertz CT molecular complexity index is 142. The normalized spacial score (nSPS) is 22.0. The van der Waals surface area contributed by atoms with Crippen LogP contribution in [-0.2, 0) is 0 Å². The van der Waals surface area contributed by atoms with Gasteiger partial charge in [-0.25, -0.2) is 0 Å². The fourth-order valence-corrected chi connectivity index (χ4v) is 0.741.